The van der Waals surface area contributed by atoms with Crippen molar-refractivity contribution < 1.29 is 14.4 Å². The molecule has 3 rings (SSSR count). The molecule has 0 unspecified atom stereocenters. The molecule has 22 heavy (non-hydrogen) atoms. The second-order valence-corrected chi connectivity index (χ2v) is 6.39. The van der Waals surface area contributed by atoms with E-state index in [1.807, 2.05) is 0 Å². The van der Waals surface area contributed by atoms with Gasteiger partial charge in [-0.25, -0.2) is 4.79 Å². The molecule has 116 valence electrons. The van der Waals surface area contributed by atoms with Gasteiger partial charge in [-0.05, 0) is 36.0 Å². The lowest BCUT2D eigenvalue weighted by molar-refractivity contribution is -0.139. The third-order valence-corrected chi connectivity index (χ3v) is 4.53. The average Bonchev–Trinajstić information content (AvgIpc) is 2.41. The first-order chi connectivity index (χ1) is 10.5. The van der Waals surface area contributed by atoms with Crippen LogP contribution in [0.4, 0.5) is 4.79 Å². The van der Waals surface area contributed by atoms with E-state index in [0.29, 0.717) is 30.7 Å². The molecule has 1 aromatic rings. The van der Waals surface area contributed by atoms with Crippen LogP contribution in [0.5, 0.6) is 0 Å². The van der Waals surface area contributed by atoms with Gasteiger partial charge in [0.15, 0.2) is 0 Å². The summed E-state index contributed by atoms with van der Waals surface area (Å²) >= 11 is 0. The second-order valence-electron chi connectivity index (χ2n) is 6.39. The van der Waals surface area contributed by atoms with Crippen LogP contribution in [0.25, 0.3) is 0 Å². The number of rotatable bonds is 4. The lowest BCUT2D eigenvalue weighted by Crippen LogP contribution is -2.57. The molecule has 0 radical (unpaired) electrons. The monoisotopic (exact) mass is 301 g/mol. The van der Waals surface area contributed by atoms with Crippen LogP contribution in [0.1, 0.15) is 41.6 Å². The predicted octanol–water partition coefficient (Wildman–Crippen LogP) is 1.10. The zero-order chi connectivity index (χ0) is 15.7. The number of hydrogen-bond donors (Lipinski definition) is 3. The van der Waals surface area contributed by atoms with Crippen molar-refractivity contribution in [1.29, 1.82) is 0 Å². The van der Waals surface area contributed by atoms with Gasteiger partial charge in [-0.1, -0.05) is 12.1 Å². The fourth-order valence-electron chi connectivity index (χ4n) is 3.37. The van der Waals surface area contributed by atoms with Gasteiger partial charge in [0.2, 0.25) is 5.91 Å². The summed E-state index contributed by atoms with van der Waals surface area (Å²) in [7, 11) is 0. The van der Waals surface area contributed by atoms with E-state index in [4.69, 9.17) is 5.73 Å². The van der Waals surface area contributed by atoms with Crippen LogP contribution in [0.3, 0.4) is 0 Å². The van der Waals surface area contributed by atoms with E-state index in [-0.39, 0.29) is 17.5 Å². The highest BCUT2D eigenvalue weighted by Crippen LogP contribution is 2.53. The first-order valence-electron chi connectivity index (χ1n) is 7.41. The number of hydrogen-bond acceptors (Lipinski definition) is 3. The van der Waals surface area contributed by atoms with Crippen LogP contribution in [0.15, 0.2) is 24.3 Å². The smallest absolute Gasteiger partial charge is 0.315 e. The maximum atomic E-state index is 11.8. The molecule has 2 aliphatic rings. The minimum atomic E-state index is -0.467. The Morgan fingerprint density at radius 2 is 1.82 bits per heavy atom. The maximum absolute atomic E-state index is 11.8. The van der Waals surface area contributed by atoms with E-state index in [9.17, 15) is 14.4 Å². The molecule has 0 atom stereocenters. The van der Waals surface area contributed by atoms with E-state index in [2.05, 4.69) is 10.6 Å². The summed E-state index contributed by atoms with van der Waals surface area (Å²) < 4.78 is 0. The molecular weight excluding hydrogens is 282 g/mol. The number of urea groups is 1. The Bertz CT molecular complexity index is 608. The number of nitrogens with one attached hydrogen (secondary N) is 2. The third-order valence-electron chi connectivity index (χ3n) is 4.53. The van der Waals surface area contributed by atoms with Gasteiger partial charge < -0.3 is 16.4 Å². The van der Waals surface area contributed by atoms with Crippen molar-refractivity contribution in [2.24, 2.45) is 11.1 Å². The van der Waals surface area contributed by atoms with Crippen molar-refractivity contribution in [1.82, 2.24) is 10.6 Å². The van der Waals surface area contributed by atoms with Gasteiger partial charge >= 0.3 is 6.03 Å². The summed E-state index contributed by atoms with van der Waals surface area (Å²) in [5.74, 6) is -0.132. The Balaban J connectivity index is 1.39. The quantitative estimate of drug-likeness (QED) is 0.776. The minimum absolute atomic E-state index is 0.172. The number of primary amides is 1. The van der Waals surface area contributed by atoms with E-state index in [1.165, 1.54) is 0 Å². The number of nitrogens with two attached hydrogens (primary N) is 1. The lowest BCUT2D eigenvalue weighted by atomic mass is 9.53. The van der Waals surface area contributed by atoms with Gasteiger partial charge in [-0.3, -0.25) is 9.59 Å². The van der Waals surface area contributed by atoms with Crippen molar-refractivity contribution >= 4 is 17.7 Å². The highest BCUT2D eigenvalue weighted by atomic mass is 16.2. The molecule has 3 amide bonds. The molecule has 0 heterocycles. The molecule has 0 aliphatic heterocycles. The highest BCUT2D eigenvalue weighted by molar-refractivity contribution is 5.92. The Kier molecular flexibility index (Phi) is 3.60. The summed E-state index contributed by atoms with van der Waals surface area (Å²) in [5.41, 5.74) is 6.71. The number of Topliss-reactive ketones (excluding diaryl/α,β-unsaturated/α-hetero) is 1. The zero-order valence-electron chi connectivity index (χ0n) is 12.2. The van der Waals surface area contributed by atoms with Crippen LogP contribution in [0, 0.1) is 5.41 Å². The topological polar surface area (TPSA) is 101 Å². The average molecular weight is 301 g/mol. The predicted molar refractivity (Wildman–Crippen MR) is 80.0 cm³/mol. The largest absolute Gasteiger partial charge is 0.366 e. The Morgan fingerprint density at radius 1 is 1.18 bits per heavy atom. The van der Waals surface area contributed by atoms with Crippen molar-refractivity contribution in [3.8, 4) is 0 Å². The van der Waals surface area contributed by atoms with Gasteiger partial charge in [0, 0.05) is 31.0 Å². The van der Waals surface area contributed by atoms with Gasteiger partial charge in [-0.2, -0.15) is 0 Å². The summed E-state index contributed by atoms with van der Waals surface area (Å²) in [4.78, 5) is 33.8. The van der Waals surface area contributed by atoms with E-state index in [1.54, 1.807) is 24.3 Å². The second kappa shape index (κ2) is 5.44. The summed E-state index contributed by atoms with van der Waals surface area (Å²) in [6.45, 7) is 0.390. The Morgan fingerprint density at radius 3 is 2.36 bits per heavy atom. The van der Waals surface area contributed by atoms with Crippen LogP contribution in [0.2, 0.25) is 0 Å². The van der Waals surface area contributed by atoms with E-state index < -0.39 is 5.91 Å². The molecule has 2 aliphatic carbocycles. The molecule has 4 N–H and O–H groups in total. The molecule has 0 saturated heterocycles. The molecule has 6 nitrogen and oxygen atoms in total. The maximum Gasteiger partial charge on any atom is 0.315 e. The molecule has 0 aromatic heterocycles. The zero-order valence-corrected chi connectivity index (χ0v) is 12.2. The molecule has 1 aromatic carbocycles. The van der Waals surface area contributed by atoms with Crippen LogP contribution in [-0.2, 0) is 11.3 Å². The third kappa shape index (κ3) is 2.95. The summed E-state index contributed by atoms with van der Waals surface area (Å²) in [6, 6.07) is 6.77. The normalized spacial score (nSPS) is 19.2. The van der Waals surface area contributed by atoms with Crippen LogP contribution < -0.4 is 16.4 Å². The summed E-state index contributed by atoms with van der Waals surface area (Å²) in [5, 5.41) is 5.70. The molecule has 1 spiro atoms. The Labute approximate surface area is 128 Å². The van der Waals surface area contributed by atoms with E-state index in [0.717, 1.165) is 18.4 Å². The number of benzene rings is 1. The van der Waals surface area contributed by atoms with Gasteiger partial charge in [0.05, 0.1) is 0 Å². The molecule has 2 fully saturated rings. The Hall–Kier alpha value is -2.37. The SMILES string of the molecule is NC(=O)c1ccc(CNC(=O)NC2CC3(CC(=O)C3)C2)cc1. The number of amides is 3. The fraction of sp³-hybridized carbons (Fsp3) is 0.438. The standard InChI is InChI=1S/C16H19N3O3/c17-14(21)11-3-1-10(2-4-11)9-18-15(22)19-12-5-16(6-12)7-13(20)8-16/h1-4,12H,5-9H2,(H2,17,21)(H2,18,19,22). The van der Waals surface area contributed by atoms with Crippen LogP contribution in [-0.4, -0.2) is 23.8 Å². The lowest BCUT2D eigenvalue weighted by Gasteiger charge is -2.52. The molecule has 2 saturated carbocycles. The molecule has 0 bridgehead atoms. The van der Waals surface area contributed by atoms with Gasteiger partial charge in [0.25, 0.3) is 0 Å². The van der Waals surface area contributed by atoms with Gasteiger partial charge in [0.1, 0.15) is 5.78 Å². The number of ketones is 1. The van der Waals surface area contributed by atoms with Crippen molar-refractivity contribution in [3.05, 3.63) is 35.4 Å². The first-order valence-corrected chi connectivity index (χ1v) is 7.41. The van der Waals surface area contributed by atoms with Crippen molar-refractivity contribution in [2.45, 2.75) is 38.3 Å². The van der Waals surface area contributed by atoms with E-state index >= 15 is 0 Å². The number of carbonyl (C=O) groups is 3. The highest BCUT2D eigenvalue weighted by Gasteiger charge is 2.52. The summed E-state index contributed by atoms with van der Waals surface area (Å²) in [6.07, 6.45) is 3.16. The minimum Gasteiger partial charge on any atom is -0.366 e. The van der Waals surface area contributed by atoms with Crippen LogP contribution >= 0.6 is 0 Å². The van der Waals surface area contributed by atoms with Crippen molar-refractivity contribution in [2.75, 3.05) is 0 Å². The number of carbonyl (C=O) groups excluding carboxylic acids is 3. The molecule has 6 heteroatoms. The van der Waals surface area contributed by atoms with Crippen molar-refractivity contribution in [3.63, 3.8) is 0 Å². The van der Waals surface area contributed by atoms with Gasteiger partial charge in [-0.15, -0.1) is 0 Å². The molecular formula is C16H19N3O3. The first kappa shape index (κ1) is 14.6. The fourth-order valence-corrected chi connectivity index (χ4v) is 3.37.